The highest BCUT2D eigenvalue weighted by Crippen LogP contribution is 2.67. The predicted octanol–water partition coefficient (Wildman–Crippen LogP) is 4.56. The van der Waals surface area contributed by atoms with Gasteiger partial charge in [-0.25, -0.2) is 0 Å². The summed E-state index contributed by atoms with van der Waals surface area (Å²) >= 11 is 0. The Labute approximate surface area is 142 Å². The standard InChI is InChI=1S/C21H35NO/c1-13(23)17-8-9-18-16-7-5-14-4-6-15(22)12-21(14,3)19(16)10-11-20(17,18)2/h14-19H,4-12,22H2,1-3H3/t14?,15?,16?,17-,18?,19?,20?,21?/m1/s1. The van der Waals surface area contributed by atoms with Crippen LogP contribution in [0.2, 0.25) is 0 Å². The summed E-state index contributed by atoms with van der Waals surface area (Å²) in [6.45, 7) is 6.87. The zero-order valence-electron chi connectivity index (χ0n) is 15.3. The van der Waals surface area contributed by atoms with E-state index in [0.717, 1.165) is 30.1 Å². The van der Waals surface area contributed by atoms with Gasteiger partial charge in [0, 0.05) is 12.0 Å². The second-order valence-electron chi connectivity index (χ2n) is 9.98. The quantitative estimate of drug-likeness (QED) is 0.770. The molecule has 0 spiro atoms. The molecule has 2 heteroatoms. The van der Waals surface area contributed by atoms with E-state index in [-0.39, 0.29) is 0 Å². The minimum atomic E-state index is 0.299. The van der Waals surface area contributed by atoms with Gasteiger partial charge in [-0.05, 0) is 99.2 Å². The Morgan fingerprint density at radius 1 is 0.913 bits per heavy atom. The van der Waals surface area contributed by atoms with Gasteiger partial charge >= 0.3 is 0 Å². The molecular formula is C21H35NO. The van der Waals surface area contributed by atoms with E-state index >= 15 is 0 Å². The molecule has 2 nitrogen and oxygen atoms in total. The third-order valence-corrected chi connectivity index (χ3v) is 9.14. The van der Waals surface area contributed by atoms with Crippen molar-refractivity contribution in [2.24, 2.45) is 46.2 Å². The molecule has 0 amide bonds. The van der Waals surface area contributed by atoms with Gasteiger partial charge in [0.25, 0.3) is 0 Å². The molecular weight excluding hydrogens is 282 g/mol. The summed E-state index contributed by atoms with van der Waals surface area (Å²) in [4.78, 5) is 12.2. The van der Waals surface area contributed by atoms with E-state index in [9.17, 15) is 4.79 Å². The van der Waals surface area contributed by atoms with Gasteiger partial charge in [-0.2, -0.15) is 0 Å². The van der Waals surface area contributed by atoms with E-state index in [0.29, 0.717) is 28.6 Å². The number of carbonyl (C=O) groups excluding carboxylic acids is 1. The number of hydrogen-bond acceptors (Lipinski definition) is 2. The number of hydrogen-bond donors (Lipinski definition) is 1. The normalized spacial score (nSPS) is 55.7. The van der Waals surface area contributed by atoms with Gasteiger partial charge < -0.3 is 5.73 Å². The fourth-order valence-corrected chi connectivity index (χ4v) is 8.08. The van der Waals surface area contributed by atoms with Crippen LogP contribution in [0.1, 0.15) is 78.6 Å². The van der Waals surface area contributed by atoms with Crippen LogP contribution < -0.4 is 5.73 Å². The highest BCUT2D eigenvalue weighted by atomic mass is 16.1. The summed E-state index contributed by atoms with van der Waals surface area (Å²) in [5, 5.41) is 0. The Morgan fingerprint density at radius 3 is 2.35 bits per heavy atom. The van der Waals surface area contributed by atoms with Gasteiger partial charge in [0.05, 0.1) is 0 Å². The number of nitrogens with two attached hydrogens (primary N) is 1. The van der Waals surface area contributed by atoms with Crippen LogP contribution in [-0.4, -0.2) is 11.8 Å². The van der Waals surface area contributed by atoms with E-state index in [1.807, 2.05) is 6.92 Å². The molecule has 7 unspecified atom stereocenters. The summed E-state index contributed by atoms with van der Waals surface area (Å²) in [5.41, 5.74) is 7.18. The molecule has 0 radical (unpaired) electrons. The van der Waals surface area contributed by atoms with Crippen molar-refractivity contribution in [1.29, 1.82) is 0 Å². The molecule has 4 saturated carbocycles. The molecule has 0 aromatic carbocycles. The second-order valence-corrected chi connectivity index (χ2v) is 9.98. The van der Waals surface area contributed by atoms with Crippen molar-refractivity contribution < 1.29 is 4.79 Å². The lowest BCUT2D eigenvalue weighted by Crippen LogP contribution is -2.55. The first kappa shape index (κ1) is 16.1. The number of carbonyl (C=O) groups is 1. The van der Waals surface area contributed by atoms with Crippen LogP contribution in [0.15, 0.2) is 0 Å². The van der Waals surface area contributed by atoms with E-state index in [1.54, 1.807) is 0 Å². The second kappa shape index (κ2) is 5.31. The zero-order valence-corrected chi connectivity index (χ0v) is 15.3. The minimum absolute atomic E-state index is 0.299. The molecule has 0 aliphatic heterocycles. The third kappa shape index (κ3) is 2.19. The Balaban J connectivity index is 1.63. The maximum Gasteiger partial charge on any atom is 0.133 e. The zero-order chi connectivity index (χ0) is 16.4. The topological polar surface area (TPSA) is 43.1 Å². The van der Waals surface area contributed by atoms with E-state index in [1.165, 1.54) is 51.4 Å². The number of ketones is 1. The molecule has 0 aromatic rings. The molecule has 4 fully saturated rings. The molecule has 2 N–H and O–H groups in total. The molecule has 130 valence electrons. The fourth-order valence-electron chi connectivity index (χ4n) is 8.08. The van der Waals surface area contributed by atoms with E-state index < -0.39 is 0 Å². The Kier molecular flexibility index (Phi) is 3.72. The van der Waals surface area contributed by atoms with Crippen LogP contribution in [0, 0.1) is 40.4 Å². The van der Waals surface area contributed by atoms with E-state index in [4.69, 9.17) is 5.73 Å². The van der Waals surface area contributed by atoms with E-state index in [2.05, 4.69) is 13.8 Å². The SMILES string of the molecule is CC(=O)[C@H]1CCC2C3CCC4CCC(N)CC4(C)C3CCC21C. The molecule has 0 heterocycles. The van der Waals surface area contributed by atoms with Crippen LogP contribution in [0.3, 0.4) is 0 Å². The number of Topliss-reactive ketones (excluding diaryl/α,β-unsaturated/α-hetero) is 1. The van der Waals surface area contributed by atoms with Crippen LogP contribution in [0.25, 0.3) is 0 Å². The summed E-state index contributed by atoms with van der Waals surface area (Å²) in [6.07, 6.45) is 11.8. The first-order valence-corrected chi connectivity index (χ1v) is 10.1. The van der Waals surface area contributed by atoms with Gasteiger partial charge in [-0.3, -0.25) is 4.79 Å². The van der Waals surface area contributed by atoms with Crippen molar-refractivity contribution in [3.63, 3.8) is 0 Å². The minimum Gasteiger partial charge on any atom is -0.328 e. The largest absolute Gasteiger partial charge is 0.328 e. The average molecular weight is 318 g/mol. The predicted molar refractivity (Wildman–Crippen MR) is 93.9 cm³/mol. The molecule has 23 heavy (non-hydrogen) atoms. The van der Waals surface area contributed by atoms with Gasteiger partial charge in [-0.15, -0.1) is 0 Å². The average Bonchev–Trinajstić information content (AvgIpc) is 2.83. The van der Waals surface area contributed by atoms with Crippen molar-refractivity contribution in [2.45, 2.75) is 84.6 Å². The van der Waals surface area contributed by atoms with Crippen LogP contribution in [0.4, 0.5) is 0 Å². The molecule has 4 aliphatic rings. The number of fused-ring (bicyclic) bond motifs is 5. The lowest BCUT2D eigenvalue weighted by atomic mass is 9.44. The fraction of sp³-hybridized carbons (Fsp3) is 0.952. The lowest BCUT2D eigenvalue weighted by molar-refractivity contribution is -0.134. The monoisotopic (exact) mass is 317 g/mol. The Hall–Kier alpha value is -0.370. The van der Waals surface area contributed by atoms with Crippen LogP contribution in [0.5, 0.6) is 0 Å². The van der Waals surface area contributed by atoms with Gasteiger partial charge in [0.2, 0.25) is 0 Å². The highest BCUT2D eigenvalue weighted by molar-refractivity contribution is 5.79. The molecule has 0 bridgehead atoms. The van der Waals surface area contributed by atoms with Crippen molar-refractivity contribution in [2.75, 3.05) is 0 Å². The van der Waals surface area contributed by atoms with Crippen LogP contribution >= 0.6 is 0 Å². The molecule has 0 saturated heterocycles. The molecule has 4 aliphatic carbocycles. The smallest absolute Gasteiger partial charge is 0.133 e. The Morgan fingerprint density at radius 2 is 1.61 bits per heavy atom. The summed E-state index contributed by atoms with van der Waals surface area (Å²) in [5.74, 6) is 4.24. The van der Waals surface area contributed by atoms with Crippen molar-refractivity contribution in [3.05, 3.63) is 0 Å². The Bertz CT molecular complexity index is 502. The maximum absolute atomic E-state index is 12.2. The van der Waals surface area contributed by atoms with Crippen LogP contribution in [-0.2, 0) is 4.79 Å². The van der Waals surface area contributed by atoms with Crippen molar-refractivity contribution in [3.8, 4) is 0 Å². The highest BCUT2D eigenvalue weighted by Gasteiger charge is 2.60. The van der Waals surface area contributed by atoms with Crippen molar-refractivity contribution in [1.82, 2.24) is 0 Å². The van der Waals surface area contributed by atoms with Gasteiger partial charge in [0.15, 0.2) is 0 Å². The lowest BCUT2D eigenvalue weighted by Gasteiger charge is -2.61. The first-order chi connectivity index (χ1) is 10.9. The van der Waals surface area contributed by atoms with Gasteiger partial charge in [0.1, 0.15) is 5.78 Å². The number of rotatable bonds is 1. The third-order valence-electron chi connectivity index (χ3n) is 9.14. The molecule has 4 rings (SSSR count). The first-order valence-electron chi connectivity index (χ1n) is 10.1. The van der Waals surface area contributed by atoms with Crippen molar-refractivity contribution >= 4 is 5.78 Å². The summed E-state index contributed by atoms with van der Waals surface area (Å²) in [6, 6.07) is 0.428. The summed E-state index contributed by atoms with van der Waals surface area (Å²) in [7, 11) is 0. The summed E-state index contributed by atoms with van der Waals surface area (Å²) < 4.78 is 0. The maximum atomic E-state index is 12.2. The molecule has 8 atom stereocenters. The molecule has 0 aromatic heterocycles. The van der Waals surface area contributed by atoms with Gasteiger partial charge in [-0.1, -0.05) is 13.8 Å².